The molecule has 2 fully saturated rings. The molecule has 4 rings (SSSR count). The maximum absolute atomic E-state index is 13.9. The summed E-state index contributed by atoms with van der Waals surface area (Å²) in [6.45, 7) is 4.01. The highest BCUT2D eigenvalue weighted by Gasteiger charge is 2.71. The van der Waals surface area contributed by atoms with Crippen LogP contribution in [0.1, 0.15) is 51.9 Å². The van der Waals surface area contributed by atoms with Gasteiger partial charge in [-0.1, -0.05) is 44.1 Å². The monoisotopic (exact) mass is 460 g/mol. The van der Waals surface area contributed by atoms with Crippen molar-refractivity contribution in [3.05, 3.63) is 24.3 Å². The first-order chi connectivity index (χ1) is 16.0. The Morgan fingerprint density at radius 2 is 1.88 bits per heavy atom. The predicted molar refractivity (Wildman–Crippen MR) is 121 cm³/mol. The molecular formula is C25H36N2O6. The van der Waals surface area contributed by atoms with Gasteiger partial charge in [-0.25, -0.2) is 0 Å². The predicted octanol–water partition coefficient (Wildman–Crippen LogP) is 1.82. The normalized spacial score (nSPS) is 33.3. The maximum Gasteiger partial charge on any atom is 0.312 e. The molecule has 0 aromatic carbocycles. The number of unbranched alkanes of at least 4 members (excludes halogenated alkanes) is 4. The van der Waals surface area contributed by atoms with Crippen LogP contribution in [0.25, 0.3) is 0 Å². The number of hydrogen-bond acceptors (Lipinski definition) is 6. The first-order valence-corrected chi connectivity index (χ1v) is 12.4. The van der Waals surface area contributed by atoms with E-state index < -0.39 is 35.6 Å². The lowest BCUT2D eigenvalue weighted by molar-refractivity contribution is -0.155. The number of esters is 1. The lowest BCUT2D eigenvalue weighted by atomic mass is 9.77. The van der Waals surface area contributed by atoms with Crippen molar-refractivity contribution in [2.75, 3.05) is 32.8 Å². The number of aliphatic hydroxyl groups is 1. The van der Waals surface area contributed by atoms with Crippen LogP contribution < -0.4 is 0 Å². The molecule has 0 radical (unpaired) electrons. The van der Waals surface area contributed by atoms with Crippen molar-refractivity contribution in [1.82, 2.24) is 9.80 Å². The molecule has 5 atom stereocenters. The Labute approximate surface area is 195 Å². The number of amides is 2. The second kappa shape index (κ2) is 10.4. The Kier molecular flexibility index (Phi) is 7.54. The van der Waals surface area contributed by atoms with Gasteiger partial charge in [-0.2, -0.15) is 0 Å². The van der Waals surface area contributed by atoms with Crippen molar-refractivity contribution in [1.29, 1.82) is 0 Å². The molecule has 4 aliphatic rings. The fraction of sp³-hybridized carbons (Fsp3) is 0.720. The van der Waals surface area contributed by atoms with Gasteiger partial charge in [0.25, 0.3) is 0 Å². The summed E-state index contributed by atoms with van der Waals surface area (Å²) in [6, 6.07) is -0.793. The third-order valence-corrected chi connectivity index (χ3v) is 7.29. The molecular weight excluding hydrogens is 424 g/mol. The van der Waals surface area contributed by atoms with Gasteiger partial charge in [0.15, 0.2) is 0 Å². The number of cyclic esters (lactones) is 1. The van der Waals surface area contributed by atoms with Gasteiger partial charge in [0.1, 0.15) is 17.6 Å². The average Bonchev–Trinajstić information content (AvgIpc) is 3.17. The zero-order chi connectivity index (χ0) is 23.4. The van der Waals surface area contributed by atoms with Gasteiger partial charge in [0.05, 0.1) is 18.6 Å². The Morgan fingerprint density at radius 1 is 1.06 bits per heavy atom. The first-order valence-electron chi connectivity index (χ1n) is 12.4. The van der Waals surface area contributed by atoms with Crippen LogP contribution in [0.15, 0.2) is 24.3 Å². The fourth-order valence-electron chi connectivity index (χ4n) is 5.72. The molecule has 0 aromatic heterocycles. The van der Waals surface area contributed by atoms with Gasteiger partial charge in [-0.05, 0) is 32.1 Å². The minimum atomic E-state index is -1.17. The van der Waals surface area contributed by atoms with E-state index in [4.69, 9.17) is 14.6 Å². The largest absolute Gasteiger partial charge is 0.465 e. The molecule has 0 aromatic rings. The van der Waals surface area contributed by atoms with Crippen LogP contribution in [0.3, 0.4) is 0 Å². The Hall–Kier alpha value is -2.19. The molecule has 1 N–H and O–H groups in total. The summed E-state index contributed by atoms with van der Waals surface area (Å²) >= 11 is 0. The highest BCUT2D eigenvalue weighted by atomic mass is 16.6. The second-order valence-electron chi connectivity index (χ2n) is 9.44. The highest BCUT2D eigenvalue weighted by molar-refractivity contribution is 5.99. The van der Waals surface area contributed by atoms with Gasteiger partial charge in [-0.15, -0.1) is 0 Å². The summed E-state index contributed by atoms with van der Waals surface area (Å²) in [6.07, 6.45) is 12.7. The van der Waals surface area contributed by atoms with E-state index in [1.165, 1.54) is 0 Å². The van der Waals surface area contributed by atoms with E-state index >= 15 is 0 Å². The summed E-state index contributed by atoms with van der Waals surface area (Å²) in [4.78, 5) is 44.1. The molecule has 4 aliphatic heterocycles. The molecule has 2 amide bonds. The van der Waals surface area contributed by atoms with E-state index in [9.17, 15) is 14.4 Å². The fourth-order valence-corrected chi connectivity index (χ4v) is 5.72. The molecule has 182 valence electrons. The van der Waals surface area contributed by atoms with Crippen molar-refractivity contribution >= 4 is 17.8 Å². The Bertz CT molecular complexity index is 811. The summed E-state index contributed by atoms with van der Waals surface area (Å²) in [5, 5.41) is 9.12. The van der Waals surface area contributed by atoms with Crippen LogP contribution in [0.2, 0.25) is 0 Å². The van der Waals surface area contributed by atoms with E-state index in [-0.39, 0.29) is 25.0 Å². The minimum absolute atomic E-state index is 0.0991. The summed E-state index contributed by atoms with van der Waals surface area (Å²) in [7, 11) is 0. The van der Waals surface area contributed by atoms with Crippen molar-refractivity contribution in [3.8, 4) is 0 Å². The zero-order valence-electron chi connectivity index (χ0n) is 19.5. The molecule has 0 saturated carbocycles. The molecule has 0 bridgehead atoms. The average molecular weight is 461 g/mol. The number of aliphatic hydroxyl groups excluding tert-OH is 1. The molecule has 0 aliphatic carbocycles. The van der Waals surface area contributed by atoms with Crippen molar-refractivity contribution in [2.24, 2.45) is 11.8 Å². The summed E-state index contributed by atoms with van der Waals surface area (Å²) in [5.74, 6) is -2.29. The minimum Gasteiger partial charge on any atom is -0.465 e. The van der Waals surface area contributed by atoms with Crippen molar-refractivity contribution in [3.63, 3.8) is 0 Å². The number of likely N-dealkylation sites (tertiary alicyclic amines) is 1. The number of fused-ring (bicyclic) bond motifs is 2. The van der Waals surface area contributed by atoms with Crippen molar-refractivity contribution < 1.29 is 29.0 Å². The molecule has 8 heteroatoms. The number of rotatable bonds is 9. The van der Waals surface area contributed by atoms with Gasteiger partial charge in [0.2, 0.25) is 11.8 Å². The first kappa shape index (κ1) is 24.0. The van der Waals surface area contributed by atoms with Crippen LogP contribution in [-0.2, 0) is 23.9 Å². The molecule has 1 unspecified atom stereocenters. The second-order valence-corrected chi connectivity index (χ2v) is 9.44. The lowest BCUT2D eigenvalue weighted by Gasteiger charge is -2.35. The summed E-state index contributed by atoms with van der Waals surface area (Å²) < 4.78 is 11.9. The smallest absolute Gasteiger partial charge is 0.312 e. The quantitative estimate of drug-likeness (QED) is 0.320. The number of nitrogens with zero attached hydrogens (tertiary/aromatic N) is 2. The van der Waals surface area contributed by atoms with E-state index in [0.717, 1.165) is 25.7 Å². The Morgan fingerprint density at radius 3 is 2.67 bits per heavy atom. The maximum atomic E-state index is 13.9. The van der Waals surface area contributed by atoms with Gasteiger partial charge < -0.3 is 24.4 Å². The topological polar surface area (TPSA) is 96.4 Å². The van der Waals surface area contributed by atoms with E-state index in [0.29, 0.717) is 38.9 Å². The highest BCUT2D eigenvalue weighted by Crippen LogP contribution is 2.53. The van der Waals surface area contributed by atoms with Crippen LogP contribution in [-0.4, -0.2) is 83.3 Å². The number of carbonyl (C=O) groups is 3. The summed E-state index contributed by atoms with van der Waals surface area (Å²) in [5.41, 5.74) is -1.17. The lowest BCUT2D eigenvalue weighted by Crippen LogP contribution is -2.55. The third-order valence-electron chi connectivity index (χ3n) is 7.29. The third kappa shape index (κ3) is 4.35. The molecule has 8 nitrogen and oxygen atoms in total. The van der Waals surface area contributed by atoms with E-state index in [1.54, 1.807) is 4.90 Å². The van der Waals surface area contributed by atoms with Gasteiger partial charge in [0, 0.05) is 26.2 Å². The van der Waals surface area contributed by atoms with E-state index in [1.807, 2.05) is 29.2 Å². The molecule has 4 heterocycles. The SMILES string of the molecule is CCCCCN1CC=C[C@]23O[C@H]4C=CCCOC(=O)[C@H]4[C@H]2C(=O)N(CCCCCO)C3C1=O. The standard InChI is InChI=1S/C25H36N2O6/c1-2-3-6-13-26-14-10-12-25-20(19-18(33-25)11-5-9-17-32-24(19)31)22(29)27(21(25)23(26)30)15-7-4-8-16-28/h5,10-12,18-21,28H,2-4,6-9,13-17H2,1H3/t18-,19+,20-,21?,25-/m0/s1. The van der Waals surface area contributed by atoms with Crippen LogP contribution in [0.5, 0.6) is 0 Å². The number of hydrogen-bond donors (Lipinski definition) is 1. The Balaban J connectivity index is 1.69. The van der Waals surface area contributed by atoms with Crippen LogP contribution >= 0.6 is 0 Å². The zero-order valence-corrected chi connectivity index (χ0v) is 19.5. The molecule has 1 spiro atoms. The van der Waals surface area contributed by atoms with Gasteiger partial charge >= 0.3 is 5.97 Å². The molecule has 2 saturated heterocycles. The van der Waals surface area contributed by atoms with E-state index in [2.05, 4.69) is 6.92 Å². The van der Waals surface area contributed by atoms with Gasteiger partial charge in [-0.3, -0.25) is 14.4 Å². The van der Waals surface area contributed by atoms with Crippen molar-refractivity contribution in [2.45, 2.75) is 69.6 Å². The molecule has 33 heavy (non-hydrogen) atoms. The number of ether oxygens (including phenoxy) is 2. The van der Waals surface area contributed by atoms with Crippen LogP contribution in [0, 0.1) is 11.8 Å². The number of carbonyl (C=O) groups excluding carboxylic acids is 3. The van der Waals surface area contributed by atoms with Crippen LogP contribution in [0.4, 0.5) is 0 Å².